The summed E-state index contributed by atoms with van der Waals surface area (Å²) in [7, 11) is -3.32. The normalized spacial score (nSPS) is 34.2. The van der Waals surface area contributed by atoms with Crippen molar-refractivity contribution >= 4 is 13.4 Å². The molecule has 1 saturated heterocycles. The Labute approximate surface area is 107 Å². The van der Waals surface area contributed by atoms with Crippen LogP contribution in [0.25, 0.3) is 0 Å². The molecule has 0 aromatic heterocycles. The summed E-state index contributed by atoms with van der Waals surface area (Å²) in [6.07, 6.45) is 3.08. The molecule has 1 fully saturated rings. The second-order valence-corrected chi connectivity index (χ2v) is 6.64. The molecule has 6 heteroatoms. The van der Waals surface area contributed by atoms with Gasteiger partial charge in [0.1, 0.15) is 11.4 Å². The Bertz CT molecular complexity index is 395. The van der Waals surface area contributed by atoms with Gasteiger partial charge in [-0.25, -0.2) is 0 Å². The molecule has 2 bridgehead atoms. The van der Waals surface area contributed by atoms with Crippen LogP contribution in [0.1, 0.15) is 20.8 Å². The minimum atomic E-state index is -3.32. The SMILES string of the molecule is CCOP(=O)(OCC)[C@@H]1[C@@H](C(C)=O)[C@H]2C=C[C@@H]1O2. The molecule has 0 saturated carbocycles. The van der Waals surface area contributed by atoms with Gasteiger partial charge < -0.3 is 13.8 Å². The second kappa shape index (κ2) is 5.25. The van der Waals surface area contributed by atoms with Gasteiger partial charge >= 0.3 is 7.60 Å². The van der Waals surface area contributed by atoms with Crippen LogP contribution in [0.2, 0.25) is 0 Å². The van der Waals surface area contributed by atoms with Gasteiger partial charge in [-0.2, -0.15) is 0 Å². The molecular formula is C12H19O5P. The third-order valence-corrected chi connectivity index (χ3v) is 5.90. The van der Waals surface area contributed by atoms with Gasteiger partial charge in [0, 0.05) is 0 Å². The molecule has 0 amide bonds. The Morgan fingerprint density at radius 3 is 2.28 bits per heavy atom. The number of carbonyl (C=O) groups excluding carboxylic acids is 1. The van der Waals surface area contributed by atoms with Crippen LogP contribution < -0.4 is 0 Å². The Hall–Kier alpha value is -0.480. The number of fused-ring (bicyclic) bond motifs is 2. The van der Waals surface area contributed by atoms with Gasteiger partial charge in [-0.15, -0.1) is 0 Å². The summed E-state index contributed by atoms with van der Waals surface area (Å²) in [4.78, 5) is 11.8. The van der Waals surface area contributed by atoms with Crippen molar-refractivity contribution in [2.45, 2.75) is 38.6 Å². The average molecular weight is 274 g/mol. The maximum absolute atomic E-state index is 12.8. The number of Topliss-reactive ketones (excluding diaryl/α,β-unsaturated/α-hetero) is 1. The van der Waals surface area contributed by atoms with E-state index in [9.17, 15) is 9.36 Å². The van der Waals surface area contributed by atoms with Gasteiger partial charge in [0.25, 0.3) is 0 Å². The summed E-state index contributed by atoms with van der Waals surface area (Å²) in [6, 6.07) is 0. The van der Waals surface area contributed by atoms with E-state index < -0.39 is 19.2 Å². The van der Waals surface area contributed by atoms with E-state index in [1.54, 1.807) is 13.8 Å². The molecule has 2 heterocycles. The van der Waals surface area contributed by atoms with Crippen LogP contribution in [0.5, 0.6) is 0 Å². The maximum Gasteiger partial charge on any atom is 0.337 e. The second-order valence-electron chi connectivity index (χ2n) is 4.45. The first-order chi connectivity index (χ1) is 8.53. The summed E-state index contributed by atoms with van der Waals surface area (Å²) in [5.41, 5.74) is -0.509. The lowest BCUT2D eigenvalue weighted by Gasteiger charge is -2.29. The van der Waals surface area contributed by atoms with E-state index in [0.29, 0.717) is 13.2 Å². The smallest absolute Gasteiger partial charge is 0.337 e. The topological polar surface area (TPSA) is 61.8 Å². The van der Waals surface area contributed by atoms with Crippen LogP contribution >= 0.6 is 7.60 Å². The molecule has 0 N–H and O–H groups in total. The van der Waals surface area contributed by atoms with Gasteiger partial charge in [-0.3, -0.25) is 9.36 Å². The highest BCUT2D eigenvalue weighted by atomic mass is 31.2. The quantitative estimate of drug-likeness (QED) is 0.548. The molecular weight excluding hydrogens is 255 g/mol. The van der Waals surface area contributed by atoms with E-state index in [0.717, 1.165) is 0 Å². The lowest BCUT2D eigenvalue weighted by atomic mass is 9.90. The molecule has 2 aliphatic heterocycles. The molecule has 2 rings (SSSR count). The lowest BCUT2D eigenvalue weighted by Crippen LogP contribution is -2.35. The summed E-state index contributed by atoms with van der Waals surface area (Å²) in [6.45, 7) is 5.60. The molecule has 0 aromatic carbocycles. The van der Waals surface area contributed by atoms with Crippen molar-refractivity contribution in [3.63, 3.8) is 0 Å². The molecule has 5 nitrogen and oxygen atoms in total. The maximum atomic E-state index is 12.8. The van der Waals surface area contributed by atoms with Crippen molar-refractivity contribution in [1.82, 2.24) is 0 Å². The fraction of sp³-hybridized carbons (Fsp3) is 0.750. The standard InChI is InChI=1S/C12H19O5P/c1-4-15-18(14,16-5-2)12-10-7-6-9(17-10)11(12)8(3)13/h6-7,9-12H,4-5H2,1-3H3/t9-,10+,11+,12+/m1/s1. The zero-order valence-electron chi connectivity index (χ0n) is 10.9. The van der Waals surface area contributed by atoms with Crippen molar-refractivity contribution < 1.29 is 23.1 Å². The molecule has 0 radical (unpaired) electrons. The van der Waals surface area contributed by atoms with E-state index in [-0.39, 0.29) is 18.0 Å². The average Bonchev–Trinajstić information content (AvgIpc) is 2.88. The largest absolute Gasteiger partial charge is 0.365 e. The van der Waals surface area contributed by atoms with Crippen LogP contribution in [0.15, 0.2) is 12.2 Å². The number of ketones is 1. The highest BCUT2D eigenvalue weighted by molar-refractivity contribution is 7.54. The molecule has 0 unspecified atom stereocenters. The van der Waals surface area contributed by atoms with E-state index in [4.69, 9.17) is 13.8 Å². The van der Waals surface area contributed by atoms with E-state index >= 15 is 0 Å². The zero-order chi connectivity index (χ0) is 13.3. The number of hydrogen-bond donors (Lipinski definition) is 0. The van der Waals surface area contributed by atoms with E-state index in [2.05, 4.69) is 0 Å². The minimum absolute atomic E-state index is 0.0310. The van der Waals surface area contributed by atoms with E-state index in [1.807, 2.05) is 12.2 Å². The van der Waals surface area contributed by atoms with Crippen LogP contribution in [0.3, 0.4) is 0 Å². The van der Waals surface area contributed by atoms with Gasteiger partial charge in [0.05, 0.1) is 31.3 Å². The number of hydrogen-bond acceptors (Lipinski definition) is 5. The first kappa shape index (κ1) is 13.9. The first-order valence-corrected chi connectivity index (χ1v) is 7.87. The van der Waals surface area contributed by atoms with Crippen molar-refractivity contribution in [2.75, 3.05) is 13.2 Å². The Morgan fingerprint density at radius 1 is 1.22 bits per heavy atom. The van der Waals surface area contributed by atoms with Crippen molar-refractivity contribution in [3.8, 4) is 0 Å². The summed E-state index contributed by atoms with van der Waals surface area (Å²) in [5, 5.41) is 0. The predicted octanol–water partition coefficient (Wildman–Crippen LogP) is 2.16. The number of rotatable bonds is 6. The monoisotopic (exact) mass is 274 g/mol. The fourth-order valence-corrected chi connectivity index (χ4v) is 5.15. The number of carbonyl (C=O) groups is 1. The molecule has 2 aliphatic rings. The third kappa shape index (κ3) is 2.21. The summed E-state index contributed by atoms with van der Waals surface area (Å²) in [5.74, 6) is -0.458. The molecule has 4 atom stereocenters. The lowest BCUT2D eigenvalue weighted by molar-refractivity contribution is -0.121. The van der Waals surface area contributed by atoms with Gasteiger partial charge in [-0.05, 0) is 20.8 Å². The minimum Gasteiger partial charge on any atom is -0.365 e. The highest BCUT2D eigenvalue weighted by Gasteiger charge is 2.57. The summed E-state index contributed by atoms with van der Waals surface area (Å²) >= 11 is 0. The van der Waals surface area contributed by atoms with Crippen LogP contribution in [-0.4, -0.2) is 36.9 Å². The molecule has 18 heavy (non-hydrogen) atoms. The van der Waals surface area contributed by atoms with Crippen LogP contribution in [0.4, 0.5) is 0 Å². The first-order valence-electron chi connectivity index (χ1n) is 6.26. The van der Waals surface area contributed by atoms with E-state index in [1.165, 1.54) is 6.92 Å². The van der Waals surface area contributed by atoms with Crippen LogP contribution in [-0.2, 0) is 23.1 Å². The van der Waals surface area contributed by atoms with Gasteiger partial charge in [0.2, 0.25) is 0 Å². The highest BCUT2D eigenvalue weighted by Crippen LogP contribution is 2.61. The summed E-state index contributed by atoms with van der Waals surface area (Å²) < 4.78 is 29.2. The number of ether oxygens (including phenoxy) is 1. The van der Waals surface area contributed by atoms with Gasteiger partial charge in [0.15, 0.2) is 0 Å². The van der Waals surface area contributed by atoms with Crippen molar-refractivity contribution in [3.05, 3.63) is 12.2 Å². The van der Waals surface area contributed by atoms with Gasteiger partial charge in [-0.1, -0.05) is 12.2 Å². The Kier molecular flexibility index (Phi) is 4.07. The third-order valence-electron chi connectivity index (χ3n) is 3.32. The molecule has 0 spiro atoms. The predicted molar refractivity (Wildman–Crippen MR) is 66.6 cm³/mol. The fourth-order valence-electron chi connectivity index (χ4n) is 2.71. The Balaban J connectivity index is 2.31. The van der Waals surface area contributed by atoms with Crippen molar-refractivity contribution in [2.24, 2.45) is 5.92 Å². The van der Waals surface area contributed by atoms with Crippen molar-refractivity contribution in [1.29, 1.82) is 0 Å². The molecule has 102 valence electrons. The van der Waals surface area contributed by atoms with Crippen LogP contribution in [0, 0.1) is 5.92 Å². The molecule has 0 aromatic rings. The zero-order valence-corrected chi connectivity index (χ0v) is 11.8. The molecule has 0 aliphatic carbocycles. The Morgan fingerprint density at radius 2 is 1.78 bits per heavy atom.